The van der Waals surface area contributed by atoms with Gasteiger partial charge in [-0.15, -0.1) is 0 Å². The second-order valence-corrected chi connectivity index (χ2v) is 8.28. The summed E-state index contributed by atoms with van der Waals surface area (Å²) in [4.78, 5) is 64.8. The maximum Gasteiger partial charge on any atom is 0.342 e. The van der Waals surface area contributed by atoms with Crippen molar-refractivity contribution in [3.63, 3.8) is 0 Å². The van der Waals surface area contributed by atoms with E-state index in [1.165, 1.54) is 19.1 Å². The molecule has 0 unspecified atom stereocenters. The summed E-state index contributed by atoms with van der Waals surface area (Å²) in [6.07, 6.45) is 0.173. The third kappa shape index (κ3) is 7.65. The second kappa shape index (κ2) is 12.8. The molecular weight excluding hydrogens is 446 g/mol. The molecule has 1 aromatic carbocycles. The molecule has 1 aromatic rings. The first kappa shape index (κ1) is 27.0. The van der Waals surface area contributed by atoms with Crippen molar-refractivity contribution in [3.05, 3.63) is 23.3 Å². The highest BCUT2D eigenvalue weighted by Gasteiger charge is 2.28. The Labute approximate surface area is 197 Å². The number of cyclic esters (lactones) is 1. The van der Waals surface area contributed by atoms with Gasteiger partial charge in [0.2, 0.25) is 11.6 Å². The number of phenols is 1. The number of aromatic hydroxyl groups is 1. The van der Waals surface area contributed by atoms with Gasteiger partial charge in [-0.05, 0) is 50.7 Å². The molecule has 186 valence electrons. The monoisotopic (exact) mass is 477 g/mol. The number of benzene rings is 1. The minimum atomic E-state index is -1.01. The van der Waals surface area contributed by atoms with Gasteiger partial charge in [-0.3, -0.25) is 19.2 Å². The highest BCUT2D eigenvalue weighted by Crippen LogP contribution is 2.33. The molecule has 0 radical (unpaired) electrons. The summed E-state index contributed by atoms with van der Waals surface area (Å²) in [5.41, 5.74) is 2.78. The molecule has 2 N–H and O–H groups in total. The van der Waals surface area contributed by atoms with Crippen molar-refractivity contribution in [2.75, 3.05) is 13.2 Å². The maximum atomic E-state index is 13.0. The number of carbonyl (C=O) groups excluding carboxylic acids is 5. The zero-order valence-electron chi connectivity index (χ0n) is 19.7. The first-order chi connectivity index (χ1) is 16.1. The van der Waals surface area contributed by atoms with E-state index in [9.17, 15) is 29.1 Å². The molecule has 10 nitrogen and oxygen atoms in total. The number of phenolic OH excluding ortho intramolecular Hbond substituents is 1. The van der Waals surface area contributed by atoms with E-state index in [0.717, 1.165) is 0 Å². The summed E-state index contributed by atoms with van der Waals surface area (Å²) in [5, 5.41) is 10.5. The highest BCUT2D eigenvalue weighted by atomic mass is 16.7. The zero-order chi connectivity index (χ0) is 25.3. The van der Waals surface area contributed by atoms with Crippen molar-refractivity contribution in [3.8, 4) is 11.5 Å². The molecule has 0 bridgehead atoms. The Morgan fingerprint density at radius 1 is 1.12 bits per heavy atom. The third-order valence-corrected chi connectivity index (χ3v) is 5.61. The molecule has 0 aromatic heterocycles. The first-order valence-electron chi connectivity index (χ1n) is 11.3. The molecule has 0 aliphatic carbocycles. The largest absolute Gasteiger partial charge is 0.507 e. The van der Waals surface area contributed by atoms with Gasteiger partial charge >= 0.3 is 11.9 Å². The fourth-order valence-electron chi connectivity index (χ4n) is 3.45. The average Bonchev–Trinajstić information content (AvgIpc) is 2.78. The van der Waals surface area contributed by atoms with E-state index in [0.29, 0.717) is 24.3 Å². The SMILES string of the molecule is CC(=O)ONCCCOc1ccc(O)c2c1CCCC(=O)C(=O)C(=O)CC[C@H](C)[C@H](C)OC2=O. The number of Topliss-reactive ketones (excluding diaryl/α,β-unsaturated/α-hetero) is 3. The first-order valence-corrected chi connectivity index (χ1v) is 11.3. The number of esters is 1. The normalized spacial score (nSPS) is 20.2. The Hall–Kier alpha value is -3.27. The van der Waals surface area contributed by atoms with E-state index in [1.54, 1.807) is 13.8 Å². The van der Waals surface area contributed by atoms with Crippen molar-refractivity contribution < 1.29 is 43.4 Å². The number of nitrogens with one attached hydrogen (secondary N) is 1. The summed E-state index contributed by atoms with van der Waals surface area (Å²) in [5.74, 6) is -3.95. The van der Waals surface area contributed by atoms with Crippen LogP contribution < -0.4 is 10.2 Å². The van der Waals surface area contributed by atoms with Gasteiger partial charge in [-0.1, -0.05) is 6.92 Å². The fraction of sp³-hybridized carbons (Fsp3) is 0.542. The van der Waals surface area contributed by atoms with Crippen LogP contribution in [0.5, 0.6) is 11.5 Å². The molecular formula is C24H31NO9. The van der Waals surface area contributed by atoms with Crippen LogP contribution in [-0.2, 0) is 35.2 Å². The van der Waals surface area contributed by atoms with Crippen LogP contribution in [0.15, 0.2) is 12.1 Å². The lowest BCUT2D eigenvalue weighted by atomic mass is 9.94. The molecule has 1 aliphatic heterocycles. The summed E-state index contributed by atoms with van der Waals surface area (Å²) >= 11 is 0. The van der Waals surface area contributed by atoms with Crippen LogP contribution in [0.1, 0.15) is 68.8 Å². The fourth-order valence-corrected chi connectivity index (χ4v) is 3.45. The van der Waals surface area contributed by atoms with Gasteiger partial charge in [0.1, 0.15) is 23.2 Å². The zero-order valence-corrected chi connectivity index (χ0v) is 19.7. The van der Waals surface area contributed by atoms with Crippen LogP contribution in [0.3, 0.4) is 0 Å². The van der Waals surface area contributed by atoms with Gasteiger partial charge < -0.3 is 19.4 Å². The topological polar surface area (TPSA) is 145 Å². The van der Waals surface area contributed by atoms with E-state index in [1.807, 2.05) is 0 Å². The predicted molar refractivity (Wildman–Crippen MR) is 119 cm³/mol. The number of carbonyl (C=O) groups is 5. The van der Waals surface area contributed by atoms with E-state index in [2.05, 4.69) is 10.3 Å². The standard InChI is InChI=1S/C24H31NO9/c1-14-8-9-20(29)23(30)19(28)7-4-6-17-21(32-13-5-12-25-34-16(3)26)11-10-18(27)22(17)24(31)33-15(14)2/h10-11,14-15,25,27H,4-9,12-13H2,1-3H3/t14-,15-/m0/s1. The number of ketones is 3. The van der Waals surface area contributed by atoms with E-state index in [-0.39, 0.29) is 55.9 Å². The van der Waals surface area contributed by atoms with Crippen LogP contribution in [0.2, 0.25) is 0 Å². The number of hydrogen-bond donors (Lipinski definition) is 2. The van der Waals surface area contributed by atoms with Gasteiger partial charge in [0.15, 0.2) is 0 Å². The Bertz CT molecular complexity index is 941. The summed E-state index contributed by atoms with van der Waals surface area (Å²) in [6.45, 7) is 5.25. The lowest BCUT2D eigenvalue weighted by molar-refractivity contribution is -0.148. The minimum Gasteiger partial charge on any atom is -0.507 e. The van der Waals surface area contributed by atoms with Crippen LogP contribution in [-0.4, -0.2) is 53.7 Å². The molecule has 2 atom stereocenters. The Morgan fingerprint density at radius 3 is 2.53 bits per heavy atom. The van der Waals surface area contributed by atoms with E-state index >= 15 is 0 Å². The molecule has 1 heterocycles. The van der Waals surface area contributed by atoms with Crippen molar-refractivity contribution in [2.24, 2.45) is 5.92 Å². The summed E-state index contributed by atoms with van der Waals surface area (Å²) < 4.78 is 11.3. The average molecular weight is 478 g/mol. The molecule has 0 fully saturated rings. The number of hydrogen-bond acceptors (Lipinski definition) is 10. The predicted octanol–water partition coefficient (Wildman–Crippen LogP) is 2.23. The van der Waals surface area contributed by atoms with Crippen LogP contribution in [0.25, 0.3) is 0 Å². The summed E-state index contributed by atoms with van der Waals surface area (Å²) in [7, 11) is 0. The molecule has 2 rings (SSSR count). The number of ether oxygens (including phenoxy) is 2. The highest BCUT2D eigenvalue weighted by molar-refractivity contribution is 6.63. The third-order valence-electron chi connectivity index (χ3n) is 5.61. The van der Waals surface area contributed by atoms with Crippen molar-refractivity contribution in [1.29, 1.82) is 0 Å². The van der Waals surface area contributed by atoms with Gasteiger partial charge in [0.05, 0.1) is 6.61 Å². The minimum absolute atomic E-state index is 0.0542. The Morgan fingerprint density at radius 2 is 1.82 bits per heavy atom. The van der Waals surface area contributed by atoms with Crippen LogP contribution >= 0.6 is 0 Å². The quantitative estimate of drug-likeness (QED) is 0.271. The van der Waals surface area contributed by atoms with Crippen molar-refractivity contribution in [2.45, 2.75) is 65.4 Å². The molecule has 34 heavy (non-hydrogen) atoms. The van der Waals surface area contributed by atoms with Crippen LogP contribution in [0.4, 0.5) is 0 Å². The number of rotatable bonds is 6. The van der Waals surface area contributed by atoms with Gasteiger partial charge in [0.25, 0.3) is 5.78 Å². The lowest BCUT2D eigenvalue weighted by Crippen LogP contribution is -2.27. The Balaban J connectivity index is 2.27. The van der Waals surface area contributed by atoms with Crippen molar-refractivity contribution >= 4 is 29.3 Å². The molecule has 1 aliphatic rings. The van der Waals surface area contributed by atoms with Gasteiger partial charge in [0, 0.05) is 31.9 Å². The molecule has 0 saturated heterocycles. The number of fused-ring (bicyclic) bond motifs is 1. The maximum absolute atomic E-state index is 13.0. The molecule has 10 heteroatoms. The lowest BCUT2D eigenvalue weighted by Gasteiger charge is -2.22. The van der Waals surface area contributed by atoms with E-state index < -0.39 is 35.4 Å². The molecule has 0 amide bonds. The van der Waals surface area contributed by atoms with Gasteiger partial charge in [-0.25, -0.2) is 4.79 Å². The smallest absolute Gasteiger partial charge is 0.342 e. The Kier molecular flexibility index (Phi) is 10.2. The van der Waals surface area contributed by atoms with Gasteiger partial charge in [-0.2, -0.15) is 5.48 Å². The summed E-state index contributed by atoms with van der Waals surface area (Å²) in [6, 6.07) is 2.84. The van der Waals surface area contributed by atoms with Crippen molar-refractivity contribution in [1.82, 2.24) is 5.48 Å². The van der Waals surface area contributed by atoms with Crippen LogP contribution in [0, 0.1) is 5.92 Å². The van der Waals surface area contributed by atoms with E-state index in [4.69, 9.17) is 9.47 Å². The second-order valence-electron chi connectivity index (χ2n) is 8.28. The number of hydroxylamine groups is 1. The molecule has 0 saturated carbocycles. The molecule has 0 spiro atoms.